The van der Waals surface area contributed by atoms with Crippen LogP contribution in [0.3, 0.4) is 0 Å². The van der Waals surface area contributed by atoms with Gasteiger partial charge in [-0.15, -0.1) is 0 Å². The Kier molecular flexibility index (Phi) is 5.02. The molecule has 146 valence electrons. The molecule has 27 heavy (non-hydrogen) atoms. The highest BCUT2D eigenvalue weighted by Gasteiger charge is 2.54. The third-order valence-electron chi connectivity index (χ3n) is 7.17. The monoisotopic (exact) mass is 369 g/mol. The van der Waals surface area contributed by atoms with Gasteiger partial charge in [0.05, 0.1) is 13.0 Å². The highest BCUT2D eigenvalue weighted by Crippen LogP contribution is 2.56. The molecule has 4 rings (SSSR count). The first-order chi connectivity index (χ1) is 13.0. The van der Waals surface area contributed by atoms with Crippen LogP contribution in [0.1, 0.15) is 44.6 Å². The molecule has 1 aliphatic heterocycles. The smallest absolute Gasteiger partial charge is 0.310 e. The summed E-state index contributed by atoms with van der Waals surface area (Å²) in [6.07, 6.45) is 5.76. The minimum absolute atomic E-state index is 0.0138. The summed E-state index contributed by atoms with van der Waals surface area (Å²) in [5, 5.41) is 3.47. The second-order valence-electron chi connectivity index (χ2n) is 8.88. The van der Waals surface area contributed by atoms with Gasteiger partial charge in [-0.3, -0.25) is 4.79 Å². The number of hydrogen-bond acceptors (Lipinski definition) is 4. The Labute approximate surface area is 162 Å². The average Bonchev–Trinajstić information content (AvgIpc) is 2.95. The van der Waals surface area contributed by atoms with Crippen LogP contribution in [0.25, 0.3) is 0 Å². The first kappa shape index (κ1) is 18.5. The van der Waals surface area contributed by atoms with E-state index in [0.29, 0.717) is 18.4 Å². The topological polar surface area (TPSA) is 47.6 Å². The van der Waals surface area contributed by atoms with Crippen molar-refractivity contribution < 1.29 is 14.3 Å². The molecule has 4 nitrogen and oxygen atoms in total. The molecule has 3 aliphatic rings. The molecule has 0 radical (unpaired) electrons. The highest BCUT2D eigenvalue weighted by atomic mass is 16.6. The fraction of sp³-hybridized carbons (Fsp3) is 0.609. The zero-order valence-electron chi connectivity index (χ0n) is 16.5. The number of carbonyl (C=O) groups is 1. The minimum atomic E-state index is -0.0347. The molecule has 1 N–H and O–H groups in total. The molecular formula is C23H31NO3. The van der Waals surface area contributed by atoms with Crippen molar-refractivity contribution in [2.75, 3.05) is 13.7 Å². The van der Waals surface area contributed by atoms with E-state index < -0.39 is 0 Å². The van der Waals surface area contributed by atoms with E-state index in [1.54, 1.807) is 7.11 Å². The van der Waals surface area contributed by atoms with E-state index >= 15 is 0 Å². The SMILES string of the molecule is C=C1CCC[C@]2(C)C[C@H]3OC(=O)C(CNCc4ccc(OC)cc4)[C@H]3CC12. The van der Waals surface area contributed by atoms with Gasteiger partial charge in [-0.25, -0.2) is 0 Å². The molecule has 1 aromatic carbocycles. The van der Waals surface area contributed by atoms with Crippen LogP contribution in [0.15, 0.2) is 36.4 Å². The molecule has 0 aromatic heterocycles. The fourth-order valence-corrected chi connectivity index (χ4v) is 5.60. The summed E-state index contributed by atoms with van der Waals surface area (Å²) in [6, 6.07) is 8.04. The summed E-state index contributed by atoms with van der Waals surface area (Å²) in [6.45, 7) is 8.17. The van der Waals surface area contributed by atoms with Gasteiger partial charge in [0.2, 0.25) is 0 Å². The predicted molar refractivity (Wildman–Crippen MR) is 105 cm³/mol. The summed E-state index contributed by atoms with van der Waals surface area (Å²) in [5.74, 6) is 1.69. The number of hydrogen-bond donors (Lipinski definition) is 1. The lowest BCUT2D eigenvalue weighted by atomic mass is 9.55. The summed E-state index contributed by atoms with van der Waals surface area (Å²) < 4.78 is 11.0. The number of ether oxygens (including phenoxy) is 2. The molecule has 2 aliphatic carbocycles. The van der Waals surface area contributed by atoms with Gasteiger partial charge < -0.3 is 14.8 Å². The number of carbonyl (C=O) groups excluding carboxylic acids is 1. The second kappa shape index (κ2) is 7.31. The Morgan fingerprint density at radius 3 is 2.85 bits per heavy atom. The summed E-state index contributed by atoms with van der Waals surface area (Å²) in [5.41, 5.74) is 2.85. The van der Waals surface area contributed by atoms with E-state index in [1.807, 2.05) is 12.1 Å². The lowest BCUT2D eigenvalue weighted by Crippen LogP contribution is -2.45. The first-order valence-electron chi connectivity index (χ1n) is 10.2. The maximum Gasteiger partial charge on any atom is 0.310 e. The molecule has 0 spiro atoms. The molecule has 0 amide bonds. The zero-order valence-corrected chi connectivity index (χ0v) is 16.5. The summed E-state index contributed by atoms with van der Waals surface area (Å²) >= 11 is 0. The van der Waals surface area contributed by atoms with Gasteiger partial charge in [0.1, 0.15) is 11.9 Å². The van der Waals surface area contributed by atoms with Crippen LogP contribution in [0, 0.1) is 23.2 Å². The number of rotatable bonds is 5. The standard InChI is InChI=1S/C23H31NO3/c1-15-5-4-10-23(2)12-21-18(11-20(15)23)19(22(25)27-21)14-24-13-16-6-8-17(26-3)9-7-16/h6-9,18-21,24H,1,4-5,10-14H2,2-3H3/t18-,19?,20?,21-,23-/m1/s1. The van der Waals surface area contributed by atoms with Gasteiger partial charge in [0.25, 0.3) is 0 Å². The van der Waals surface area contributed by atoms with Gasteiger partial charge >= 0.3 is 5.97 Å². The first-order valence-corrected chi connectivity index (χ1v) is 10.2. The van der Waals surface area contributed by atoms with Crippen molar-refractivity contribution in [3.63, 3.8) is 0 Å². The maximum atomic E-state index is 12.6. The molecule has 1 saturated heterocycles. The Bertz CT molecular complexity index is 713. The van der Waals surface area contributed by atoms with Crippen molar-refractivity contribution in [3.8, 4) is 5.75 Å². The highest BCUT2D eigenvalue weighted by molar-refractivity contribution is 5.75. The van der Waals surface area contributed by atoms with Gasteiger partial charge in [-0.05, 0) is 61.1 Å². The van der Waals surface area contributed by atoms with Crippen LogP contribution in [0.5, 0.6) is 5.75 Å². The normalized spacial score (nSPS) is 35.3. The number of esters is 1. The minimum Gasteiger partial charge on any atom is -0.497 e. The number of allylic oxidation sites excluding steroid dienone is 1. The Morgan fingerprint density at radius 2 is 2.11 bits per heavy atom. The van der Waals surface area contributed by atoms with Crippen LogP contribution in [-0.4, -0.2) is 25.7 Å². The molecular weight excluding hydrogens is 338 g/mol. The number of benzene rings is 1. The molecule has 0 bridgehead atoms. The third kappa shape index (κ3) is 3.52. The molecule has 1 aromatic rings. The van der Waals surface area contributed by atoms with Crippen LogP contribution in [0.4, 0.5) is 0 Å². The lowest BCUT2D eigenvalue weighted by molar-refractivity contribution is -0.146. The average molecular weight is 370 g/mol. The molecule has 2 unspecified atom stereocenters. The van der Waals surface area contributed by atoms with E-state index in [2.05, 4.69) is 31.0 Å². The van der Waals surface area contributed by atoms with Crippen molar-refractivity contribution in [3.05, 3.63) is 42.0 Å². The number of methoxy groups -OCH3 is 1. The lowest BCUT2D eigenvalue weighted by Gasteiger charge is -2.50. The van der Waals surface area contributed by atoms with Crippen molar-refractivity contribution in [1.29, 1.82) is 0 Å². The van der Waals surface area contributed by atoms with E-state index in [1.165, 1.54) is 24.0 Å². The van der Waals surface area contributed by atoms with Crippen LogP contribution >= 0.6 is 0 Å². The van der Waals surface area contributed by atoms with Crippen molar-refractivity contribution in [1.82, 2.24) is 5.32 Å². The fourth-order valence-electron chi connectivity index (χ4n) is 5.60. The quantitative estimate of drug-likeness (QED) is 0.627. The Balaban J connectivity index is 1.38. The van der Waals surface area contributed by atoms with Crippen LogP contribution in [0.2, 0.25) is 0 Å². The van der Waals surface area contributed by atoms with Gasteiger partial charge in [0, 0.05) is 19.0 Å². The molecule has 2 saturated carbocycles. The largest absolute Gasteiger partial charge is 0.497 e. The number of nitrogens with one attached hydrogen (secondary N) is 1. The van der Waals surface area contributed by atoms with E-state index in [0.717, 1.165) is 31.6 Å². The Morgan fingerprint density at radius 1 is 1.33 bits per heavy atom. The van der Waals surface area contributed by atoms with Crippen molar-refractivity contribution in [2.24, 2.45) is 23.2 Å². The summed E-state index contributed by atoms with van der Waals surface area (Å²) in [7, 11) is 1.67. The van der Waals surface area contributed by atoms with E-state index in [-0.39, 0.29) is 23.4 Å². The van der Waals surface area contributed by atoms with Gasteiger partial charge in [-0.1, -0.05) is 31.2 Å². The second-order valence-corrected chi connectivity index (χ2v) is 8.88. The van der Waals surface area contributed by atoms with Crippen molar-refractivity contribution in [2.45, 2.75) is 51.7 Å². The van der Waals surface area contributed by atoms with Gasteiger partial charge in [0.15, 0.2) is 0 Å². The molecule has 5 atom stereocenters. The summed E-state index contributed by atoms with van der Waals surface area (Å²) in [4.78, 5) is 12.6. The molecule has 1 heterocycles. The van der Waals surface area contributed by atoms with Crippen LogP contribution in [-0.2, 0) is 16.1 Å². The van der Waals surface area contributed by atoms with Crippen LogP contribution < -0.4 is 10.1 Å². The van der Waals surface area contributed by atoms with E-state index in [9.17, 15) is 4.79 Å². The van der Waals surface area contributed by atoms with Gasteiger partial charge in [-0.2, -0.15) is 0 Å². The van der Waals surface area contributed by atoms with E-state index in [4.69, 9.17) is 9.47 Å². The van der Waals surface area contributed by atoms with Crippen molar-refractivity contribution >= 4 is 5.97 Å². The third-order valence-corrected chi connectivity index (χ3v) is 7.17. The Hall–Kier alpha value is -1.81. The molecule has 3 fully saturated rings. The zero-order chi connectivity index (χ0) is 19.0. The number of fused-ring (bicyclic) bond motifs is 2. The predicted octanol–water partition coefficient (Wildman–Crippen LogP) is 4.10. The maximum absolute atomic E-state index is 12.6. The molecule has 4 heteroatoms.